The molecule has 13 heteroatoms. The first-order valence-electron chi connectivity index (χ1n) is 13.3. The Labute approximate surface area is 262 Å². The maximum atomic E-state index is 13.7. The quantitative estimate of drug-likeness (QED) is 0.273. The number of hydrogen-bond donors (Lipinski definition) is 3. The van der Waals surface area contributed by atoms with Crippen molar-refractivity contribution in [3.8, 4) is 6.07 Å². The molecule has 1 aliphatic heterocycles. The van der Waals surface area contributed by atoms with E-state index in [1.807, 2.05) is 19.9 Å². The molecule has 43 heavy (non-hydrogen) atoms. The summed E-state index contributed by atoms with van der Waals surface area (Å²) < 4.78 is 0.526. The Kier molecular flexibility index (Phi) is 8.59. The van der Waals surface area contributed by atoms with Crippen LogP contribution >= 0.6 is 34.7 Å². The van der Waals surface area contributed by atoms with E-state index in [0.717, 1.165) is 5.56 Å². The van der Waals surface area contributed by atoms with Crippen molar-refractivity contribution in [2.24, 2.45) is 11.1 Å². The molecule has 2 aromatic carbocycles. The largest absolute Gasteiger partial charge is 0.384 e. The van der Waals surface area contributed by atoms with Crippen LogP contribution in [-0.2, 0) is 14.4 Å². The fourth-order valence-electron chi connectivity index (χ4n) is 5.26. The maximum Gasteiger partial charge on any atom is 0.234 e. The molecule has 1 unspecified atom stereocenters. The monoisotopic (exact) mass is 633 g/mol. The molecule has 0 fully saturated rings. The Morgan fingerprint density at radius 3 is 2.51 bits per heavy atom. The molecule has 1 atom stereocenters. The third kappa shape index (κ3) is 6.59. The average Bonchev–Trinajstić information content (AvgIpc) is 3.40. The second kappa shape index (κ2) is 12.2. The molecule has 2 amide bonds. The lowest BCUT2D eigenvalue weighted by Gasteiger charge is -2.42. The molecule has 0 saturated heterocycles. The fourth-order valence-corrected chi connectivity index (χ4v) is 7.14. The number of ketones is 1. The summed E-state index contributed by atoms with van der Waals surface area (Å²) in [6, 6.07) is 16.2. The van der Waals surface area contributed by atoms with Gasteiger partial charge in [0.25, 0.3) is 0 Å². The molecule has 1 aromatic heterocycles. The Bertz CT molecular complexity index is 1720. The van der Waals surface area contributed by atoms with E-state index < -0.39 is 5.92 Å². The van der Waals surface area contributed by atoms with E-state index in [4.69, 9.17) is 17.3 Å². The summed E-state index contributed by atoms with van der Waals surface area (Å²) in [4.78, 5) is 39.1. The van der Waals surface area contributed by atoms with E-state index in [9.17, 15) is 19.6 Å². The van der Waals surface area contributed by atoms with Gasteiger partial charge in [-0.05, 0) is 53.8 Å². The number of nitrogens with one attached hydrogen (secondary N) is 2. The molecule has 2 aliphatic rings. The number of rotatable bonds is 7. The number of thioether (sulfide) groups is 1. The van der Waals surface area contributed by atoms with Crippen LogP contribution in [0.1, 0.15) is 45.1 Å². The van der Waals surface area contributed by atoms with E-state index in [2.05, 4.69) is 26.9 Å². The highest BCUT2D eigenvalue weighted by Crippen LogP contribution is 2.51. The Morgan fingerprint density at radius 1 is 1.16 bits per heavy atom. The van der Waals surface area contributed by atoms with Crippen LogP contribution in [0.3, 0.4) is 0 Å². The van der Waals surface area contributed by atoms with Crippen LogP contribution in [0.25, 0.3) is 0 Å². The number of benzene rings is 2. The molecule has 5 rings (SSSR count). The van der Waals surface area contributed by atoms with E-state index >= 15 is 0 Å². The van der Waals surface area contributed by atoms with Gasteiger partial charge < -0.3 is 16.4 Å². The molecular formula is C30H28ClN7O3S2. The zero-order valence-electron chi connectivity index (χ0n) is 23.6. The molecule has 0 radical (unpaired) electrons. The molecule has 0 spiro atoms. The van der Waals surface area contributed by atoms with Crippen LogP contribution in [0.4, 0.5) is 16.5 Å². The van der Waals surface area contributed by atoms with Crippen LogP contribution in [0.15, 0.2) is 75.5 Å². The first kappa shape index (κ1) is 30.3. The number of carbonyl (C=O) groups excluding carboxylic acids is 3. The van der Waals surface area contributed by atoms with E-state index in [-0.39, 0.29) is 40.2 Å². The van der Waals surface area contributed by atoms with Crippen molar-refractivity contribution < 1.29 is 14.4 Å². The molecule has 0 saturated carbocycles. The molecule has 4 N–H and O–H groups in total. The topological polar surface area (TPSA) is 154 Å². The minimum absolute atomic E-state index is 0.0534. The number of halogens is 1. The average molecular weight is 634 g/mol. The van der Waals surface area contributed by atoms with Gasteiger partial charge in [0.05, 0.1) is 23.3 Å². The highest BCUT2D eigenvalue weighted by molar-refractivity contribution is 8.01. The van der Waals surface area contributed by atoms with Gasteiger partial charge in [-0.15, -0.1) is 10.2 Å². The molecule has 0 bridgehead atoms. The van der Waals surface area contributed by atoms with Gasteiger partial charge in [-0.2, -0.15) is 5.26 Å². The summed E-state index contributed by atoms with van der Waals surface area (Å²) in [6.45, 7) is 5.47. The normalized spacial score (nSPS) is 17.8. The predicted molar refractivity (Wildman–Crippen MR) is 169 cm³/mol. The summed E-state index contributed by atoms with van der Waals surface area (Å²) >= 11 is 8.73. The first-order valence-corrected chi connectivity index (χ1v) is 15.5. The molecule has 220 valence electrons. The number of Topliss-reactive ketones (excluding diaryl/α,β-unsaturated/α-hetero) is 1. The van der Waals surface area contributed by atoms with Gasteiger partial charge in [0.2, 0.25) is 16.9 Å². The first-order chi connectivity index (χ1) is 20.5. The van der Waals surface area contributed by atoms with Crippen molar-refractivity contribution >= 4 is 68.8 Å². The van der Waals surface area contributed by atoms with Gasteiger partial charge in [-0.25, -0.2) is 0 Å². The van der Waals surface area contributed by atoms with Crippen molar-refractivity contribution in [3.05, 3.63) is 81.8 Å². The van der Waals surface area contributed by atoms with E-state index in [1.165, 1.54) is 30.0 Å². The van der Waals surface area contributed by atoms with Crippen LogP contribution in [0.5, 0.6) is 0 Å². The zero-order chi connectivity index (χ0) is 30.9. The summed E-state index contributed by atoms with van der Waals surface area (Å²) in [5.74, 6) is -0.856. The third-order valence-electron chi connectivity index (χ3n) is 6.97. The fraction of sp³-hybridized carbons (Fsp3) is 0.267. The van der Waals surface area contributed by atoms with Gasteiger partial charge in [0.1, 0.15) is 5.82 Å². The standard InChI is InChI=1S/C30H28ClN7O3S2/c1-16(39)34-19-7-9-20(10-8-19)35-24(41)15-42-29-37-36-28(43-29)38-22-12-30(2,3)13-23(40)26(22)25(21(14-32)27(38)33)17-5-4-6-18(31)11-17/h4-11,25H,12-13,15,33H2,1-3H3,(H,34,39)(H,35,41). The molecular weight excluding hydrogens is 606 g/mol. The van der Waals surface area contributed by atoms with Gasteiger partial charge >= 0.3 is 0 Å². The van der Waals surface area contributed by atoms with E-state index in [0.29, 0.717) is 50.0 Å². The summed E-state index contributed by atoms with van der Waals surface area (Å²) in [5, 5.41) is 25.3. The van der Waals surface area contributed by atoms with Crippen LogP contribution in [0, 0.1) is 16.7 Å². The number of aromatic nitrogens is 2. The minimum atomic E-state index is -0.642. The van der Waals surface area contributed by atoms with Crippen LogP contribution in [-0.4, -0.2) is 33.5 Å². The summed E-state index contributed by atoms with van der Waals surface area (Å²) in [5.41, 5.74) is 9.72. The van der Waals surface area contributed by atoms with Crippen molar-refractivity contribution in [1.82, 2.24) is 10.2 Å². The van der Waals surface area contributed by atoms with Crippen molar-refractivity contribution in [2.45, 2.75) is 43.9 Å². The minimum Gasteiger partial charge on any atom is -0.384 e. The van der Waals surface area contributed by atoms with E-state index in [1.54, 1.807) is 47.4 Å². The van der Waals surface area contributed by atoms with Crippen molar-refractivity contribution in [3.63, 3.8) is 0 Å². The SMILES string of the molecule is CC(=O)Nc1ccc(NC(=O)CSc2nnc(N3C(N)=C(C#N)C(c4cccc(Cl)c4)C4=C3CC(C)(C)CC4=O)s2)cc1. The molecule has 2 heterocycles. The van der Waals surface area contributed by atoms with Gasteiger partial charge in [0.15, 0.2) is 10.1 Å². The molecule has 3 aromatic rings. The van der Waals surface area contributed by atoms with Gasteiger partial charge in [-0.3, -0.25) is 19.3 Å². The molecule has 1 aliphatic carbocycles. The number of nitriles is 1. The van der Waals surface area contributed by atoms with Gasteiger partial charge in [0, 0.05) is 41.0 Å². The second-order valence-corrected chi connectivity index (χ2v) is 13.6. The lowest BCUT2D eigenvalue weighted by Crippen LogP contribution is -2.42. The highest BCUT2D eigenvalue weighted by atomic mass is 35.5. The number of anilines is 3. The second-order valence-electron chi connectivity index (χ2n) is 11.0. The number of carbonyl (C=O) groups is 3. The lowest BCUT2D eigenvalue weighted by atomic mass is 9.69. The number of hydrogen-bond acceptors (Lipinski definition) is 10. The van der Waals surface area contributed by atoms with Crippen LogP contribution < -0.4 is 21.3 Å². The number of nitrogens with zero attached hydrogens (tertiary/aromatic N) is 4. The smallest absolute Gasteiger partial charge is 0.234 e. The number of allylic oxidation sites excluding steroid dienone is 3. The Hall–Kier alpha value is -4.18. The highest BCUT2D eigenvalue weighted by Gasteiger charge is 2.45. The van der Waals surface area contributed by atoms with Gasteiger partial charge in [-0.1, -0.05) is 60.7 Å². The zero-order valence-corrected chi connectivity index (χ0v) is 26.0. The predicted octanol–water partition coefficient (Wildman–Crippen LogP) is 5.82. The molecule has 10 nitrogen and oxygen atoms in total. The Balaban J connectivity index is 1.39. The Morgan fingerprint density at radius 2 is 1.86 bits per heavy atom. The van der Waals surface area contributed by atoms with Crippen molar-refractivity contribution in [1.29, 1.82) is 5.26 Å². The van der Waals surface area contributed by atoms with Crippen LogP contribution in [0.2, 0.25) is 5.02 Å². The number of nitrogens with two attached hydrogens (primary N) is 1. The summed E-state index contributed by atoms with van der Waals surface area (Å²) in [7, 11) is 0. The lowest BCUT2D eigenvalue weighted by molar-refractivity contribution is -0.118. The summed E-state index contributed by atoms with van der Waals surface area (Å²) in [6.07, 6.45) is 0.868. The maximum absolute atomic E-state index is 13.7. The van der Waals surface area contributed by atoms with Crippen molar-refractivity contribution in [2.75, 3.05) is 21.3 Å². The number of amides is 2. The third-order valence-corrected chi connectivity index (χ3v) is 9.24.